The van der Waals surface area contributed by atoms with Crippen molar-refractivity contribution in [1.29, 1.82) is 0 Å². The topological polar surface area (TPSA) is 38.3 Å². The quantitative estimate of drug-likeness (QED) is 0.553. The van der Waals surface area contributed by atoms with Crippen LogP contribution >= 0.6 is 0 Å². The van der Waals surface area contributed by atoms with Crippen LogP contribution in [0.15, 0.2) is 0 Å². The van der Waals surface area contributed by atoms with E-state index >= 15 is 0 Å². The number of carbonyl (C=O) groups excluding carboxylic acids is 1. The molecule has 3 nitrogen and oxygen atoms in total. The van der Waals surface area contributed by atoms with Crippen LogP contribution in [0.25, 0.3) is 0 Å². The van der Waals surface area contributed by atoms with Crippen molar-refractivity contribution in [3.8, 4) is 0 Å². The molecule has 1 N–H and O–H groups in total. The SMILES string of the molecule is CCCCOC(=O)C1(C)CCCNC1. The van der Waals surface area contributed by atoms with Crippen molar-refractivity contribution in [3.63, 3.8) is 0 Å². The van der Waals surface area contributed by atoms with Gasteiger partial charge in [0.1, 0.15) is 0 Å². The highest BCUT2D eigenvalue weighted by atomic mass is 16.5. The number of rotatable bonds is 4. The van der Waals surface area contributed by atoms with Crippen LogP contribution in [-0.4, -0.2) is 25.7 Å². The van der Waals surface area contributed by atoms with Crippen LogP contribution in [0.2, 0.25) is 0 Å². The Morgan fingerprint density at radius 3 is 2.93 bits per heavy atom. The Bertz CT molecular complexity index is 186. The third kappa shape index (κ3) is 2.98. The van der Waals surface area contributed by atoms with Crippen molar-refractivity contribution in [1.82, 2.24) is 5.32 Å². The lowest BCUT2D eigenvalue weighted by atomic mass is 9.83. The Morgan fingerprint density at radius 2 is 2.36 bits per heavy atom. The number of hydrogen-bond acceptors (Lipinski definition) is 3. The van der Waals surface area contributed by atoms with Crippen molar-refractivity contribution in [2.24, 2.45) is 5.41 Å². The molecule has 1 rings (SSSR count). The third-order valence-electron chi connectivity index (χ3n) is 2.82. The summed E-state index contributed by atoms with van der Waals surface area (Å²) in [7, 11) is 0. The van der Waals surface area contributed by atoms with E-state index in [-0.39, 0.29) is 11.4 Å². The highest BCUT2D eigenvalue weighted by Gasteiger charge is 2.35. The van der Waals surface area contributed by atoms with E-state index < -0.39 is 0 Å². The molecule has 0 aromatic rings. The molecule has 0 bridgehead atoms. The van der Waals surface area contributed by atoms with Gasteiger partial charge in [0.05, 0.1) is 12.0 Å². The van der Waals surface area contributed by atoms with Gasteiger partial charge in [0.2, 0.25) is 0 Å². The van der Waals surface area contributed by atoms with E-state index in [4.69, 9.17) is 4.74 Å². The van der Waals surface area contributed by atoms with Gasteiger partial charge in [-0.15, -0.1) is 0 Å². The Morgan fingerprint density at radius 1 is 1.57 bits per heavy atom. The van der Waals surface area contributed by atoms with Crippen molar-refractivity contribution in [2.75, 3.05) is 19.7 Å². The Hall–Kier alpha value is -0.570. The first-order chi connectivity index (χ1) is 6.69. The summed E-state index contributed by atoms with van der Waals surface area (Å²) in [6.45, 7) is 6.45. The fraction of sp³-hybridized carbons (Fsp3) is 0.909. The minimum atomic E-state index is -0.286. The highest BCUT2D eigenvalue weighted by Crippen LogP contribution is 2.26. The van der Waals surface area contributed by atoms with Crippen molar-refractivity contribution >= 4 is 5.97 Å². The van der Waals surface area contributed by atoms with Crippen LogP contribution < -0.4 is 5.32 Å². The van der Waals surface area contributed by atoms with Gasteiger partial charge in [-0.3, -0.25) is 4.79 Å². The minimum absolute atomic E-state index is 0.0295. The monoisotopic (exact) mass is 199 g/mol. The summed E-state index contributed by atoms with van der Waals surface area (Å²) in [5, 5.41) is 3.25. The number of unbranched alkanes of at least 4 members (excludes halogenated alkanes) is 1. The fourth-order valence-electron chi connectivity index (χ4n) is 1.71. The molecule has 0 saturated carbocycles. The van der Waals surface area contributed by atoms with Gasteiger partial charge in [0, 0.05) is 6.54 Å². The second-order valence-electron chi connectivity index (χ2n) is 4.33. The molecule has 1 fully saturated rings. The number of piperidine rings is 1. The van der Waals surface area contributed by atoms with Gasteiger partial charge in [0.15, 0.2) is 0 Å². The van der Waals surface area contributed by atoms with Gasteiger partial charge in [-0.05, 0) is 32.7 Å². The maximum absolute atomic E-state index is 11.7. The zero-order valence-corrected chi connectivity index (χ0v) is 9.27. The van der Waals surface area contributed by atoms with Gasteiger partial charge in [-0.25, -0.2) is 0 Å². The van der Waals surface area contributed by atoms with Crippen LogP contribution in [0.3, 0.4) is 0 Å². The van der Waals surface area contributed by atoms with E-state index in [2.05, 4.69) is 12.2 Å². The largest absolute Gasteiger partial charge is 0.465 e. The molecule has 1 atom stereocenters. The molecular formula is C11H21NO2. The average molecular weight is 199 g/mol. The van der Waals surface area contributed by atoms with E-state index in [0.717, 1.165) is 38.8 Å². The molecule has 1 aliphatic rings. The summed E-state index contributed by atoms with van der Waals surface area (Å²) >= 11 is 0. The maximum atomic E-state index is 11.7. The molecule has 1 saturated heterocycles. The summed E-state index contributed by atoms with van der Waals surface area (Å²) < 4.78 is 5.25. The van der Waals surface area contributed by atoms with Crippen molar-refractivity contribution in [2.45, 2.75) is 39.5 Å². The van der Waals surface area contributed by atoms with Gasteiger partial charge < -0.3 is 10.1 Å². The lowest BCUT2D eigenvalue weighted by molar-refractivity contribution is -0.156. The smallest absolute Gasteiger partial charge is 0.313 e. The molecule has 1 heterocycles. The predicted molar refractivity (Wildman–Crippen MR) is 56.1 cm³/mol. The fourth-order valence-corrected chi connectivity index (χ4v) is 1.71. The predicted octanol–water partition coefficient (Wildman–Crippen LogP) is 1.72. The van der Waals surface area contributed by atoms with Crippen molar-refractivity contribution in [3.05, 3.63) is 0 Å². The highest BCUT2D eigenvalue weighted by molar-refractivity contribution is 5.76. The molecule has 1 unspecified atom stereocenters. The number of hydrogen-bond donors (Lipinski definition) is 1. The molecule has 3 heteroatoms. The van der Waals surface area contributed by atoms with Crippen LogP contribution in [0.5, 0.6) is 0 Å². The molecule has 0 aromatic carbocycles. The summed E-state index contributed by atoms with van der Waals surface area (Å²) in [5.74, 6) is -0.0295. The van der Waals surface area contributed by atoms with E-state index in [1.54, 1.807) is 0 Å². The molecular weight excluding hydrogens is 178 g/mol. The lowest BCUT2D eigenvalue weighted by Crippen LogP contribution is -2.44. The first-order valence-electron chi connectivity index (χ1n) is 5.57. The van der Waals surface area contributed by atoms with Crippen LogP contribution in [0.4, 0.5) is 0 Å². The van der Waals surface area contributed by atoms with E-state index in [9.17, 15) is 4.79 Å². The average Bonchev–Trinajstić information content (AvgIpc) is 2.19. The van der Waals surface area contributed by atoms with E-state index in [1.165, 1.54) is 0 Å². The second-order valence-corrected chi connectivity index (χ2v) is 4.33. The van der Waals surface area contributed by atoms with Gasteiger partial charge in [0.25, 0.3) is 0 Å². The number of esters is 1. The third-order valence-corrected chi connectivity index (χ3v) is 2.82. The molecule has 0 amide bonds. The molecule has 82 valence electrons. The Kier molecular flexibility index (Phi) is 4.39. The Labute approximate surface area is 86.2 Å². The van der Waals surface area contributed by atoms with Crippen molar-refractivity contribution < 1.29 is 9.53 Å². The zero-order chi connectivity index (χ0) is 10.4. The second kappa shape index (κ2) is 5.35. The molecule has 0 spiro atoms. The molecule has 0 aliphatic carbocycles. The van der Waals surface area contributed by atoms with Gasteiger partial charge >= 0.3 is 5.97 Å². The molecule has 0 aromatic heterocycles. The van der Waals surface area contributed by atoms with Gasteiger partial charge in [-0.1, -0.05) is 13.3 Å². The Balaban J connectivity index is 2.33. The summed E-state index contributed by atoms with van der Waals surface area (Å²) in [6, 6.07) is 0. The van der Waals surface area contributed by atoms with Crippen LogP contribution in [-0.2, 0) is 9.53 Å². The zero-order valence-electron chi connectivity index (χ0n) is 9.27. The minimum Gasteiger partial charge on any atom is -0.465 e. The first-order valence-corrected chi connectivity index (χ1v) is 5.57. The van der Waals surface area contributed by atoms with E-state index in [1.807, 2.05) is 6.92 Å². The van der Waals surface area contributed by atoms with Gasteiger partial charge in [-0.2, -0.15) is 0 Å². The summed E-state index contributed by atoms with van der Waals surface area (Å²) in [5.41, 5.74) is -0.286. The standard InChI is InChI=1S/C11H21NO2/c1-3-4-8-14-10(13)11(2)6-5-7-12-9-11/h12H,3-9H2,1-2H3. The number of carbonyl (C=O) groups is 1. The lowest BCUT2D eigenvalue weighted by Gasteiger charge is -2.31. The van der Waals surface area contributed by atoms with E-state index in [0.29, 0.717) is 6.61 Å². The molecule has 1 aliphatic heterocycles. The normalized spacial score (nSPS) is 27.3. The summed E-state index contributed by atoms with van der Waals surface area (Å²) in [6.07, 6.45) is 4.06. The number of ether oxygens (including phenoxy) is 1. The maximum Gasteiger partial charge on any atom is 0.313 e. The van der Waals surface area contributed by atoms with Crippen LogP contribution in [0, 0.1) is 5.41 Å². The first kappa shape index (κ1) is 11.5. The summed E-state index contributed by atoms with van der Waals surface area (Å²) in [4.78, 5) is 11.7. The van der Waals surface area contributed by atoms with Crippen LogP contribution in [0.1, 0.15) is 39.5 Å². The molecule has 0 radical (unpaired) electrons. The molecule has 14 heavy (non-hydrogen) atoms. The number of nitrogens with one attached hydrogen (secondary N) is 1.